The van der Waals surface area contributed by atoms with Gasteiger partial charge >= 0.3 is 5.97 Å². The summed E-state index contributed by atoms with van der Waals surface area (Å²) >= 11 is 0. The molecule has 10 heteroatoms. The lowest BCUT2D eigenvalue weighted by Crippen LogP contribution is -2.47. The van der Waals surface area contributed by atoms with Gasteiger partial charge in [0.05, 0.1) is 36.7 Å². The highest BCUT2D eigenvalue weighted by atomic mass is 31.2. The van der Waals surface area contributed by atoms with Crippen LogP contribution in [0.4, 0.5) is 0 Å². The first-order valence-electron chi connectivity index (χ1n) is 17.4. The second-order valence-electron chi connectivity index (χ2n) is 14.7. The lowest BCUT2D eigenvalue weighted by Gasteiger charge is -2.34. The number of cyclic esters (lactones) is 1. The van der Waals surface area contributed by atoms with Crippen LogP contribution in [0.1, 0.15) is 83.1 Å². The molecule has 2 aromatic rings. The second kappa shape index (κ2) is 13.8. The van der Waals surface area contributed by atoms with Gasteiger partial charge < -0.3 is 19.3 Å². The van der Waals surface area contributed by atoms with E-state index >= 15 is 0 Å². The highest BCUT2D eigenvalue weighted by Crippen LogP contribution is 2.71. The minimum atomic E-state index is -3.64. The number of aryl methyl sites for hydroxylation is 1. The van der Waals surface area contributed by atoms with E-state index < -0.39 is 30.6 Å². The fourth-order valence-corrected chi connectivity index (χ4v) is 10.0. The van der Waals surface area contributed by atoms with Crippen LogP contribution < -0.4 is 4.74 Å². The van der Waals surface area contributed by atoms with E-state index in [1.54, 1.807) is 17.2 Å². The molecule has 3 heterocycles. The third-order valence-electron chi connectivity index (χ3n) is 11.3. The number of fused-ring (bicyclic) bond motifs is 3. The van der Waals surface area contributed by atoms with Crippen molar-refractivity contribution < 1.29 is 33.3 Å². The van der Waals surface area contributed by atoms with Gasteiger partial charge in [0.25, 0.3) is 0 Å². The Balaban J connectivity index is 1.36. The molecule has 254 valence electrons. The fraction of sp³-hybridized carbons (Fsp3) is 0.622. The molecule has 2 aliphatic carbocycles. The number of esters is 1. The highest BCUT2D eigenvalue weighted by molar-refractivity contribution is 7.59. The molecule has 0 spiro atoms. The van der Waals surface area contributed by atoms with Crippen LogP contribution >= 0.6 is 7.37 Å². The van der Waals surface area contributed by atoms with Crippen molar-refractivity contribution in [2.75, 3.05) is 19.8 Å². The molecule has 4 bridgehead atoms. The third kappa shape index (κ3) is 7.22. The number of ketones is 1. The van der Waals surface area contributed by atoms with Crippen molar-refractivity contribution in [3.05, 3.63) is 48.7 Å². The van der Waals surface area contributed by atoms with Gasteiger partial charge in [-0.3, -0.25) is 18.9 Å². The molecule has 1 saturated heterocycles. The molecule has 2 saturated carbocycles. The van der Waals surface area contributed by atoms with E-state index in [0.717, 1.165) is 67.7 Å². The van der Waals surface area contributed by atoms with Crippen molar-refractivity contribution >= 4 is 35.8 Å². The van der Waals surface area contributed by atoms with Crippen molar-refractivity contribution in [3.63, 3.8) is 0 Å². The average molecular weight is 665 g/mol. The van der Waals surface area contributed by atoms with Gasteiger partial charge in [-0.05, 0) is 79.4 Å². The zero-order chi connectivity index (χ0) is 33.3. The molecule has 1 N–H and O–H groups in total. The predicted molar refractivity (Wildman–Crippen MR) is 180 cm³/mol. The van der Waals surface area contributed by atoms with Gasteiger partial charge in [-0.15, -0.1) is 6.58 Å². The van der Waals surface area contributed by atoms with Crippen LogP contribution in [0.5, 0.6) is 5.88 Å². The Labute approximate surface area is 277 Å². The van der Waals surface area contributed by atoms with E-state index in [2.05, 4.69) is 36.7 Å². The maximum Gasteiger partial charge on any atom is 0.306 e. The Bertz CT molecular complexity index is 1560. The molecule has 0 radical (unpaired) electrons. The molecule has 1 amide bonds. The van der Waals surface area contributed by atoms with E-state index in [1.165, 1.54) is 6.66 Å². The maximum atomic E-state index is 14.6. The number of hydrogen-bond donors (Lipinski definition) is 1. The smallest absolute Gasteiger partial charge is 0.306 e. The predicted octanol–water partition coefficient (Wildman–Crippen LogP) is 6.49. The van der Waals surface area contributed by atoms with Crippen molar-refractivity contribution in [1.82, 2.24) is 9.88 Å². The van der Waals surface area contributed by atoms with Crippen molar-refractivity contribution in [1.29, 1.82) is 0 Å². The number of aromatic nitrogens is 1. The molecular weight excluding hydrogens is 615 g/mol. The Hall–Kier alpha value is -3.03. The minimum absolute atomic E-state index is 0.0200. The summed E-state index contributed by atoms with van der Waals surface area (Å²) in [5.41, 5.74) is 1.16. The number of Topliss-reactive ketones (excluding diaryl/α,β-unsaturated/α-hetero) is 1. The van der Waals surface area contributed by atoms with E-state index in [-0.39, 0.29) is 61.2 Å². The minimum Gasteiger partial charge on any atom is -0.472 e. The molecule has 2 aliphatic heterocycles. The SMILES string of the molecule is C=CC1CC1(CC(=O)[C@@H]1C[C@@H]2CN1C(=O)[C@H](C1CCCCC1)CC(=O)OC[C@@H](C)CCCc1ccc3ccnc(c3c1)O2)P(C)(=O)O. The molecule has 1 aromatic carbocycles. The maximum absolute atomic E-state index is 14.6. The van der Waals surface area contributed by atoms with E-state index in [9.17, 15) is 23.8 Å². The summed E-state index contributed by atoms with van der Waals surface area (Å²) < 4.78 is 25.4. The summed E-state index contributed by atoms with van der Waals surface area (Å²) in [5.74, 6) is -1.01. The molecule has 3 fully saturated rings. The zero-order valence-electron chi connectivity index (χ0n) is 27.8. The molecule has 1 aromatic heterocycles. The molecule has 9 nitrogen and oxygen atoms in total. The van der Waals surface area contributed by atoms with Gasteiger partial charge in [-0.25, -0.2) is 4.98 Å². The number of nitrogens with zero attached hydrogens (tertiary/aromatic N) is 2. The van der Waals surface area contributed by atoms with E-state index in [1.807, 2.05) is 6.07 Å². The molecular formula is C37H49N2O7P. The molecule has 4 aliphatic rings. The van der Waals surface area contributed by atoms with Gasteiger partial charge in [0.15, 0.2) is 5.78 Å². The van der Waals surface area contributed by atoms with Crippen LogP contribution in [0.3, 0.4) is 0 Å². The fourth-order valence-electron chi connectivity index (χ4n) is 8.32. The topological polar surface area (TPSA) is 123 Å². The van der Waals surface area contributed by atoms with Crippen LogP contribution in [0.15, 0.2) is 43.1 Å². The van der Waals surface area contributed by atoms with Crippen LogP contribution in [0, 0.1) is 23.7 Å². The van der Waals surface area contributed by atoms with Crippen LogP contribution in [0.25, 0.3) is 10.8 Å². The summed E-state index contributed by atoms with van der Waals surface area (Å²) in [4.78, 5) is 59.0. The summed E-state index contributed by atoms with van der Waals surface area (Å²) in [6.45, 7) is 7.70. The Morgan fingerprint density at radius 1 is 1.17 bits per heavy atom. The standard InChI is InChI=1S/C37H49N2O7P/c1-4-28-20-37(28,47(3,43)44)21-33(40)32-18-29-22-39(32)36(42)31(26-11-6-5-7-12-26)19-34(41)45-23-24(2)9-8-10-25-13-14-27-15-16-38-35(46-29)30(27)17-25/h4,13-17,24,26,28-29,31-32H,1,5-12,18-23H2,2-3H3,(H,43,44)/t24-,28?,29+,31-,32-,37?/m0/s1. The summed E-state index contributed by atoms with van der Waals surface area (Å²) in [6, 6.07) is 7.40. The Morgan fingerprint density at radius 3 is 2.68 bits per heavy atom. The van der Waals surface area contributed by atoms with Gasteiger partial charge in [-0.2, -0.15) is 0 Å². The molecule has 3 unspecified atom stereocenters. The third-order valence-corrected chi connectivity index (χ3v) is 13.6. The first-order valence-corrected chi connectivity index (χ1v) is 19.6. The van der Waals surface area contributed by atoms with Gasteiger partial charge in [0, 0.05) is 31.1 Å². The van der Waals surface area contributed by atoms with Crippen LogP contribution in [-0.2, 0) is 30.1 Å². The van der Waals surface area contributed by atoms with Gasteiger partial charge in [-0.1, -0.05) is 44.4 Å². The monoisotopic (exact) mass is 664 g/mol. The van der Waals surface area contributed by atoms with Gasteiger partial charge in [0.1, 0.15) is 6.10 Å². The normalized spacial score (nSPS) is 32.1. The number of pyridine rings is 1. The zero-order valence-corrected chi connectivity index (χ0v) is 28.7. The molecule has 6 rings (SSSR count). The number of hydrogen-bond acceptors (Lipinski definition) is 7. The van der Waals surface area contributed by atoms with Crippen LogP contribution in [0.2, 0.25) is 0 Å². The summed E-state index contributed by atoms with van der Waals surface area (Å²) in [5, 5.41) is 0.832. The Kier molecular flexibility index (Phi) is 9.96. The van der Waals surface area contributed by atoms with E-state index in [4.69, 9.17) is 9.47 Å². The Morgan fingerprint density at radius 2 is 1.96 bits per heavy atom. The number of rotatable bonds is 6. The lowest BCUT2D eigenvalue weighted by atomic mass is 9.77. The number of amides is 1. The molecule has 7 atom stereocenters. The van der Waals surface area contributed by atoms with Gasteiger partial charge in [0.2, 0.25) is 19.2 Å². The number of carbonyl (C=O) groups excluding carboxylic acids is 3. The van der Waals surface area contributed by atoms with Crippen molar-refractivity contribution in [2.24, 2.45) is 23.7 Å². The number of ether oxygens (including phenoxy) is 2. The summed E-state index contributed by atoms with van der Waals surface area (Å²) in [6.07, 6.45) is 10.9. The quantitative estimate of drug-likeness (QED) is 0.211. The summed E-state index contributed by atoms with van der Waals surface area (Å²) in [7, 11) is -3.64. The number of benzene rings is 1. The highest BCUT2D eigenvalue weighted by Gasteiger charge is 2.63. The van der Waals surface area contributed by atoms with Crippen molar-refractivity contribution in [2.45, 2.75) is 101 Å². The second-order valence-corrected chi connectivity index (χ2v) is 17.4. The number of carbonyl (C=O) groups is 3. The average Bonchev–Trinajstić information content (AvgIpc) is 3.63. The first kappa shape index (κ1) is 33.9. The van der Waals surface area contributed by atoms with Crippen LogP contribution in [-0.4, -0.2) is 69.6 Å². The first-order chi connectivity index (χ1) is 22.5. The van der Waals surface area contributed by atoms with Crippen molar-refractivity contribution in [3.8, 4) is 5.88 Å². The largest absolute Gasteiger partial charge is 0.472 e. The molecule has 47 heavy (non-hydrogen) atoms. The number of allylic oxidation sites excluding steroid dienone is 1. The van der Waals surface area contributed by atoms with E-state index in [0.29, 0.717) is 18.9 Å². The lowest BCUT2D eigenvalue weighted by molar-refractivity contribution is -0.152.